The molecule has 72 heavy (non-hydrogen) atoms. The zero-order valence-electron chi connectivity index (χ0n) is 40.4. The third kappa shape index (κ3) is 5.89. The topological polar surface area (TPSA) is 3.24 Å². The molecule has 0 heterocycles. The molecule has 11 aromatic carbocycles. The molecule has 1 heteroatoms. The van der Waals surface area contributed by atoms with Gasteiger partial charge in [0.2, 0.25) is 0 Å². The number of anilines is 3. The predicted octanol–water partition coefficient (Wildman–Crippen LogP) is 17.9. The Hall–Kier alpha value is -8.78. The molecular weight excluding hydrogens is 867 g/mol. The minimum atomic E-state index is -0.625. The first-order valence-electron chi connectivity index (χ1n) is 25.3. The summed E-state index contributed by atoms with van der Waals surface area (Å²) in [5.74, 6) is 0. The molecule has 340 valence electrons. The van der Waals surface area contributed by atoms with Crippen LogP contribution in [0.3, 0.4) is 0 Å². The lowest BCUT2D eigenvalue weighted by Gasteiger charge is -2.50. The Morgan fingerprint density at radius 2 is 0.583 bits per heavy atom. The van der Waals surface area contributed by atoms with E-state index in [4.69, 9.17) is 0 Å². The maximum absolute atomic E-state index is 2.53. The van der Waals surface area contributed by atoms with Crippen molar-refractivity contribution >= 4 is 17.1 Å². The van der Waals surface area contributed by atoms with Gasteiger partial charge in [0.1, 0.15) is 0 Å². The van der Waals surface area contributed by atoms with Crippen molar-refractivity contribution in [3.8, 4) is 44.5 Å². The van der Waals surface area contributed by atoms with Gasteiger partial charge >= 0.3 is 0 Å². The normalized spacial score (nSPS) is 14.6. The lowest BCUT2D eigenvalue weighted by molar-refractivity contribution is 0.623. The van der Waals surface area contributed by atoms with Crippen LogP contribution in [-0.4, -0.2) is 0 Å². The average Bonchev–Trinajstić information content (AvgIpc) is 3.87. The van der Waals surface area contributed by atoms with Crippen LogP contribution < -0.4 is 4.90 Å². The molecule has 0 aliphatic heterocycles. The van der Waals surface area contributed by atoms with E-state index in [1.165, 1.54) is 100 Å². The number of benzene rings is 11. The molecule has 1 nitrogen and oxygen atoms in total. The Labute approximate surface area is 423 Å². The molecule has 0 N–H and O–H groups in total. The van der Waals surface area contributed by atoms with Crippen molar-refractivity contribution < 1.29 is 0 Å². The third-order valence-electron chi connectivity index (χ3n) is 16.4. The molecule has 0 aromatic heterocycles. The molecule has 1 spiro atoms. The van der Waals surface area contributed by atoms with Crippen molar-refractivity contribution in [2.45, 2.75) is 30.1 Å². The van der Waals surface area contributed by atoms with Crippen LogP contribution in [0.15, 0.2) is 273 Å². The molecule has 3 aliphatic rings. The molecule has 0 atom stereocenters. The van der Waals surface area contributed by atoms with Crippen LogP contribution in [0, 0.1) is 0 Å². The number of hydrogen-bond donors (Lipinski definition) is 0. The van der Waals surface area contributed by atoms with E-state index >= 15 is 0 Å². The van der Waals surface area contributed by atoms with Gasteiger partial charge in [0, 0.05) is 22.5 Å². The number of fused-ring (bicyclic) bond motifs is 12. The first kappa shape index (κ1) is 42.1. The second-order valence-electron chi connectivity index (χ2n) is 20.3. The summed E-state index contributed by atoms with van der Waals surface area (Å²) in [5.41, 5.74) is 25.1. The summed E-state index contributed by atoms with van der Waals surface area (Å²) in [6, 6.07) is 102. The van der Waals surface area contributed by atoms with E-state index < -0.39 is 10.8 Å². The fourth-order valence-corrected chi connectivity index (χ4v) is 13.4. The smallest absolute Gasteiger partial charge is 0.0720 e. The summed E-state index contributed by atoms with van der Waals surface area (Å²) in [6.07, 6.45) is 0. The van der Waals surface area contributed by atoms with Crippen LogP contribution in [0.2, 0.25) is 0 Å². The van der Waals surface area contributed by atoms with E-state index in [2.05, 4.69) is 292 Å². The molecule has 0 saturated carbocycles. The SMILES string of the molecule is CC1(C)c2ccccc2-c2ccc(N(c3ccc(-c4ccccc4-c4ccccc4)cc3)c3ccc4c(c3)C3(c5ccccc5-4)c4ccccc4C(c4ccccc4)(c4ccccc4)c4ccccc43)cc21. The zero-order valence-corrected chi connectivity index (χ0v) is 40.4. The summed E-state index contributed by atoms with van der Waals surface area (Å²) in [6.45, 7) is 4.76. The maximum atomic E-state index is 2.53. The van der Waals surface area contributed by atoms with Crippen LogP contribution in [-0.2, 0) is 16.2 Å². The predicted molar refractivity (Wildman–Crippen MR) is 299 cm³/mol. The summed E-state index contributed by atoms with van der Waals surface area (Å²) in [7, 11) is 0. The van der Waals surface area contributed by atoms with E-state index in [1.807, 2.05) is 0 Å². The second kappa shape index (κ2) is 16.1. The van der Waals surface area contributed by atoms with Crippen LogP contribution in [0.4, 0.5) is 17.1 Å². The molecule has 3 aliphatic carbocycles. The molecule has 0 radical (unpaired) electrons. The number of rotatable bonds is 7. The van der Waals surface area contributed by atoms with Crippen molar-refractivity contribution in [1.82, 2.24) is 0 Å². The van der Waals surface area contributed by atoms with E-state index in [0.717, 1.165) is 17.1 Å². The Kier molecular flexibility index (Phi) is 9.44. The van der Waals surface area contributed by atoms with Gasteiger partial charge in [0.15, 0.2) is 0 Å². The van der Waals surface area contributed by atoms with Gasteiger partial charge in [-0.3, -0.25) is 0 Å². The van der Waals surface area contributed by atoms with Crippen molar-refractivity contribution in [3.05, 3.63) is 329 Å². The van der Waals surface area contributed by atoms with E-state index in [9.17, 15) is 0 Å². The van der Waals surface area contributed by atoms with Gasteiger partial charge < -0.3 is 4.90 Å². The summed E-state index contributed by atoms with van der Waals surface area (Å²) in [5, 5.41) is 0. The van der Waals surface area contributed by atoms with Gasteiger partial charge in [0.05, 0.1) is 10.8 Å². The zero-order chi connectivity index (χ0) is 48.0. The third-order valence-corrected chi connectivity index (χ3v) is 16.4. The summed E-state index contributed by atoms with van der Waals surface area (Å²) >= 11 is 0. The molecule has 11 aromatic rings. The number of nitrogens with zero attached hydrogens (tertiary/aromatic N) is 1. The molecule has 0 unspecified atom stereocenters. The highest BCUT2D eigenvalue weighted by molar-refractivity contribution is 5.93. The van der Waals surface area contributed by atoms with Gasteiger partial charge in [-0.25, -0.2) is 0 Å². The Morgan fingerprint density at radius 1 is 0.236 bits per heavy atom. The Morgan fingerprint density at radius 3 is 1.11 bits per heavy atom. The van der Waals surface area contributed by atoms with Gasteiger partial charge in [0.25, 0.3) is 0 Å². The largest absolute Gasteiger partial charge is 0.310 e. The fourth-order valence-electron chi connectivity index (χ4n) is 13.4. The monoisotopic (exact) mass is 917 g/mol. The highest BCUT2D eigenvalue weighted by Gasteiger charge is 2.56. The highest BCUT2D eigenvalue weighted by Crippen LogP contribution is 2.65. The van der Waals surface area contributed by atoms with Gasteiger partial charge in [-0.1, -0.05) is 250 Å². The average molecular weight is 918 g/mol. The fraction of sp³-hybridized carbons (Fsp3) is 0.0704. The summed E-state index contributed by atoms with van der Waals surface area (Å²) < 4.78 is 0. The molecule has 0 bridgehead atoms. The van der Waals surface area contributed by atoms with Gasteiger partial charge in [-0.15, -0.1) is 0 Å². The maximum Gasteiger partial charge on any atom is 0.0720 e. The Balaban J connectivity index is 1.02. The van der Waals surface area contributed by atoms with Gasteiger partial charge in [-0.2, -0.15) is 0 Å². The van der Waals surface area contributed by atoms with Crippen molar-refractivity contribution in [2.75, 3.05) is 4.90 Å². The molecular formula is C71H51N. The highest BCUT2D eigenvalue weighted by atomic mass is 15.1. The van der Waals surface area contributed by atoms with Crippen LogP contribution in [0.1, 0.15) is 69.5 Å². The van der Waals surface area contributed by atoms with Crippen LogP contribution in [0.25, 0.3) is 44.5 Å². The second-order valence-corrected chi connectivity index (χ2v) is 20.3. The van der Waals surface area contributed by atoms with E-state index in [1.54, 1.807) is 0 Å². The number of hydrogen-bond acceptors (Lipinski definition) is 1. The quantitative estimate of drug-likeness (QED) is 0.154. The van der Waals surface area contributed by atoms with Crippen molar-refractivity contribution in [3.63, 3.8) is 0 Å². The van der Waals surface area contributed by atoms with Gasteiger partial charge in [-0.05, 0) is 137 Å². The van der Waals surface area contributed by atoms with Crippen molar-refractivity contribution in [1.29, 1.82) is 0 Å². The first-order chi connectivity index (χ1) is 35.5. The standard InChI is InChI=1S/C71H51N/c1-69(2)61-32-16-14-30-57(61)59-44-42-53(46-67(59)69)72(52-40-38-49(39-41-52)56-29-13-12-28-55(56)48-22-6-3-7-23-48)54-43-45-60-58-31-15-17-33-62(58)71(68(60)47-54)65-36-20-18-34-63(65)70(50-24-8-4-9-25-50,51-26-10-5-11-27-51)64-35-19-21-37-66(64)71/h3-47H,1-2H3. The Bertz CT molecular complexity index is 3790. The molecule has 0 amide bonds. The first-order valence-corrected chi connectivity index (χ1v) is 25.3. The minimum absolute atomic E-state index is 0.165. The summed E-state index contributed by atoms with van der Waals surface area (Å²) in [4.78, 5) is 2.50. The molecule has 0 saturated heterocycles. The van der Waals surface area contributed by atoms with E-state index in [0.29, 0.717) is 0 Å². The molecule has 0 fully saturated rings. The lowest BCUT2D eigenvalue weighted by Crippen LogP contribution is -2.44. The minimum Gasteiger partial charge on any atom is -0.310 e. The van der Waals surface area contributed by atoms with Crippen LogP contribution >= 0.6 is 0 Å². The van der Waals surface area contributed by atoms with Crippen LogP contribution in [0.5, 0.6) is 0 Å². The van der Waals surface area contributed by atoms with Crippen molar-refractivity contribution in [2.24, 2.45) is 0 Å². The van der Waals surface area contributed by atoms with E-state index in [-0.39, 0.29) is 5.41 Å². The lowest BCUT2D eigenvalue weighted by atomic mass is 9.51. The molecule has 14 rings (SSSR count).